The van der Waals surface area contributed by atoms with Crippen LogP contribution in [-0.2, 0) is 4.79 Å². The van der Waals surface area contributed by atoms with Gasteiger partial charge in [-0.25, -0.2) is 0 Å². The highest BCUT2D eigenvalue weighted by molar-refractivity contribution is 6.00. The van der Waals surface area contributed by atoms with E-state index >= 15 is 0 Å². The van der Waals surface area contributed by atoms with Crippen LogP contribution in [0.15, 0.2) is 24.3 Å². The average Bonchev–Trinajstić information content (AvgIpc) is 2.94. The highest BCUT2D eigenvalue weighted by atomic mass is 16.5. The van der Waals surface area contributed by atoms with Crippen LogP contribution < -0.4 is 4.74 Å². The average molecular weight is 275 g/mol. The Balaban J connectivity index is 2.26. The van der Waals surface area contributed by atoms with Gasteiger partial charge in [-0.2, -0.15) is 0 Å². The summed E-state index contributed by atoms with van der Waals surface area (Å²) in [6.07, 6.45) is 1.64. The van der Waals surface area contributed by atoms with E-state index in [0.717, 1.165) is 12.8 Å². The molecule has 1 aromatic carbocycles. The number of rotatable bonds is 4. The zero-order valence-corrected chi connectivity index (χ0v) is 12.3. The zero-order valence-electron chi connectivity index (χ0n) is 12.3. The van der Waals surface area contributed by atoms with Gasteiger partial charge in [-0.3, -0.25) is 9.59 Å². The monoisotopic (exact) mass is 275 g/mol. The molecule has 1 amide bonds. The van der Waals surface area contributed by atoms with E-state index in [1.165, 1.54) is 0 Å². The van der Waals surface area contributed by atoms with Crippen molar-refractivity contribution in [1.29, 1.82) is 0 Å². The summed E-state index contributed by atoms with van der Waals surface area (Å²) in [5.41, 5.74) is 0.526. The second-order valence-corrected chi connectivity index (χ2v) is 5.41. The van der Waals surface area contributed by atoms with Crippen molar-refractivity contribution in [2.45, 2.75) is 32.7 Å². The molecule has 1 aliphatic heterocycles. The number of benzene rings is 1. The molecule has 20 heavy (non-hydrogen) atoms. The third-order valence-corrected chi connectivity index (χ3v) is 3.75. The lowest BCUT2D eigenvalue weighted by atomic mass is 9.99. The van der Waals surface area contributed by atoms with Gasteiger partial charge in [0.15, 0.2) is 5.78 Å². The highest BCUT2D eigenvalue weighted by Gasteiger charge is 2.35. The van der Waals surface area contributed by atoms with Gasteiger partial charge in [-0.05, 0) is 25.0 Å². The van der Waals surface area contributed by atoms with Gasteiger partial charge < -0.3 is 9.64 Å². The lowest BCUT2D eigenvalue weighted by Crippen LogP contribution is -2.42. The van der Waals surface area contributed by atoms with Crippen LogP contribution in [0.3, 0.4) is 0 Å². The normalized spacial score (nSPS) is 18.4. The number of carbonyl (C=O) groups is 2. The third-order valence-electron chi connectivity index (χ3n) is 3.75. The van der Waals surface area contributed by atoms with Crippen LogP contribution in [0.2, 0.25) is 0 Å². The molecule has 4 nitrogen and oxygen atoms in total. The number of ether oxygens (including phenoxy) is 1. The minimum atomic E-state index is -0.285. The van der Waals surface area contributed by atoms with Gasteiger partial charge in [0.25, 0.3) is 5.91 Å². The van der Waals surface area contributed by atoms with Crippen molar-refractivity contribution in [3.05, 3.63) is 29.8 Å². The molecule has 1 heterocycles. The number of hydrogen-bond acceptors (Lipinski definition) is 3. The molecule has 0 saturated carbocycles. The maximum atomic E-state index is 12.7. The fourth-order valence-corrected chi connectivity index (χ4v) is 2.67. The number of para-hydroxylation sites is 1. The number of methoxy groups -OCH3 is 1. The molecular weight excluding hydrogens is 254 g/mol. The molecule has 0 unspecified atom stereocenters. The molecule has 1 aliphatic rings. The molecule has 0 aliphatic carbocycles. The van der Waals surface area contributed by atoms with Gasteiger partial charge in [-0.15, -0.1) is 0 Å². The van der Waals surface area contributed by atoms with Gasteiger partial charge in [0, 0.05) is 12.5 Å². The van der Waals surface area contributed by atoms with E-state index < -0.39 is 0 Å². The summed E-state index contributed by atoms with van der Waals surface area (Å²) in [5, 5.41) is 0. The first-order chi connectivity index (χ1) is 9.56. The van der Waals surface area contributed by atoms with Crippen molar-refractivity contribution >= 4 is 11.7 Å². The van der Waals surface area contributed by atoms with Gasteiger partial charge in [0.1, 0.15) is 5.75 Å². The van der Waals surface area contributed by atoms with Gasteiger partial charge >= 0.3 is 0 Å². The maximum absolute atomic E-state index is 12.7. The summed E-state index contributed by atoms with van der Waals surface area (Å²) in [6, 6.07) is 6.87. The van der Waals surface area contributed by atoms with Crippen LogP contribution in [0.4, 0.5) is 0 Å². The molecule has 0 spiro atoms. The highest BCUT2D eigenvalue weighted by Crippen LogP contribution is 2.26. The molecule has 1 saturated heterocycles. The summed E-state index contributed by atoms with van der Waals surface area (Å²) < 4.78 is 5.24. The Morgan fingerprint density at radius 2 is 2.00 bits per heavy atom. The van der Waals surface area contributed by atoms with Gasteiger partial charge in [0.2, 0.25) is 0 Å². The van der Waals surface area contributed by atoms with E-state index in [0.29, 0.717) is 17.9 Å². The summed E-state index contributed by atoms with van der Waals surface area (Å²) in [7, 11) is 1.55. The number of amides is 1. The lowest BCUT2D eigenvalue weighted by molar-refractivity contribution is -0.125. The minimum Gasteiger partial charge on any atom is -0.496 e. The van der Waals surface area contributed by atoms with Crippen LogP contribution in [0.1, 0.15) is 37.0 Å². The molecule has 0 N–H and O–H groups in total. The van der Waals surface area contributed by atoms with E-state index in [-0.39, 0.29) is 23.7 Å². The predicted molar refractivity (Wildman–Crippen MR) is 76.9 cm³/mol. The Hall–Kier alpha value is -1.84. The van der Waals surface area contributed by atoms with Gasteiger partial charge in [0.05, 0.1) is 18.7 Å². The van der Waals surface area contributed by atoms with Crippen LogP contribution >= 0.6 is 0 Å². The number of Topliss-reactive ketones (excluding diaryl/α,β-unsaturated/α-hetero) is 1. The largest absolute Gasteiger partial charge is 0.496 e. The smallest absolute Gasteiger partial charge is 0.258 e. The van der Waals surface area contributed by atoms with Crippen molar-refractivity contribution in [3.63, 3.8) is 0 Å². The molecule has 4 heteroatoms. The number of hydrogen-bond donors (Lipinski definition) is 0. The Kier molecular flexibility index (Phi) is 4.42. The SMILES string of the molecule is COc1ccccc1C(=O)N1CCC[C@H]1C(=O)C(C)C. The molecule has 0 radical (unpaired) electrons. The number of nitrogens with zero attached hydrogens (tertiary/aromatic N) is 1. The first kappa shape index (κ1) is 14.6. The fourth-order valence-electron chi connectivity index (χ4n) is 2.67. The van der Waals surface area contributed by atoms with Crippen LogP contribution in [0.5, 0.6) is 5.75 Å². The zero-order chi connectivity index (χ0) is 14.7. The second-order valence-electron chi connectivity index (χ2n) is 5.41. The molecule has 0 bridgehead atoms. The lowest BCUT2D eigenvalue weighted by Gasteiger charge is -2.25. The molecule has 1 fully saturated rings. The number of ketones is 1. The standard InChI is InChI=1S/C16H21NO3/c1-11(2)15(18)13-8-6-10-17(13)16(19)12-7-4-5-9-14(12)20-3/h4-5,7,9,11,13H,6,8,10H2,1-3H3/t13-/m0/s1. The van der Waals surface area contributed by atoms with Crippen LogP contribution in [0, 0.1) is 5.92 Å². The fraction of sp³-hybridized carbons (Fsp3) is 0.500. The van der Waals surface area contributed by atoms with E-state index in [2.05, 4.69) is 0 Å². The van der Waals surface area contributed by atoms with Crippen LogP contribution in [0.25, 0.3) is 0 Å². The van der Waals surface area contributed by atoms with Crippen molar-refractivity contribution in [2.75, 3.05) is 13.7 Å². The molecule has 0 aromatic heterocycles. The van der Waals surface area contributed by atoms with Crippen molar-refractivity contribution < 1.29 is 14.3 Å². The van der Waals surface area contributed by atoms with Gasteiger partial charge in [-0.1, -0.05) is 26.0 Å². The Morgan fingerprint density at radius 3 is 2.65 bits per heavy atom. The molecular formula is C16H21NO3. The summed E-state index contributed by atoms with van der Waals surface area (Å²) in [5.74, 6) is 0.538. The maximum Gasteiger partial charge on any atom is 0.258 e. The summed E-state index contributed by atoms with van der Waals surface area (Å²) >= 11 is 0. The molecule has 108 valence electrons. The van der Waals surface area contributed by atoms with E-state index in [4.69, 9.17) is 4.74 Å². The van der Waals surface area contributed by atoms with Crippen LogP contribution in [-0.4, -0.2) is 36.3 Å². The first-order valence-corrected chi connectivity index (χ1v) is 7.04. The Morgan fingerprint density at radius 1 is 1.30 bits per heavy atom. The van der Waals surface area contributed by atoms with Crippen molar-refractivity contribution in [1.82, 2.24) is 4.90 Å². The van der Waals surface area contributed by atoms with E-state index in [1.54, 1.807) is 24.1 Å². The molecule has 2 rings (SSSR count). The van der Waals surface area contributed by atoms with E-state index in [1.807, 2.05) is 26.0 Å². The van der Waals surface area contributed by atoms with E-state index in [9.17, 15) is 9.59 Å². The van der Waals surface area contributed by atoms with Crippen molar-refractivity contribution in [2.24, 2.45) is 5.92 Å². The Bertz CT molecular complexity index is 510. The van der Waals surface area contributed by atoms with Crippen molar-refractivity contribution in [3.8, 4) is 5.75 Å². The number of carbonyl (C=O) groups excluding carboxylic acids is 2. The third kappa shape index (κ3) is 2.69. The minimum absolute atomic E-state index is 0.0499. The summed E-state index contributed by atoms with van der Waals surface area (Å²) in [6.45, 7) is 4.40. The Labute approximate surface area is 119 Å². The summed E-state index contributed by atoms with van der Waals surface area (Å²) in [4.78, 5) is 26.6. The number of likely N-dealkylation sites (tertiary alicyclic amines) is 1. The molecule has 1 atom stereocenters. The quantitative estimate of drug-likeness (QED) is 0.848. The molecule has 1 aromatic rings. The second kappa shape index (κ2) is 6.07. The first-order valence-electron chi connectivity index (χ1n) is 7.04. The topological polar surface area (TPSA) is 46.6 Å². The predicted octanol–water partition coefficient (Wildman–Crippen LogP) is 2.52.